The fourth-order valence-electron chi connectivity index (χ4n) is 4.58. The molecule has 3 N–H and O–H groups in total. The molecule has 0 saturated heterocycles. The molecule has 8 nitrogen and oxygen atoms in total. The maximum atomic E-state index is 13.2. The van der Waals surface area contributed by atoms with Gasteiger partial charge in [-0.2, -0.15) is 0 Å². The molecule has 1 aliphatic heterocycles. The fraction of sp³-hybridized carbons (Fsp3) is 0.258. The van der Waals surface area contributed by atoms with Crippen molar-refractivity contribution in [2.24, 2.45) is 0 Å². The summed E-state index contributed by atoms with van der Waals surface area (Å²) in [7, 11) is 5.73. The Morgan fingerprint density at radius 2 is 1.73 bits per heavy atom. The van der Waals surface area contributed by atoms with E-state index in [9.17, 15) is 14.4 Å². The quantitative estimate of drug-likeness (QED) is 0.264. The average molecular weight is 561 g/mol. The van der Waals surface area contributed by atoms with Gasteiger partial charge < -0.3 is 25.5 Å². The first-order chi connectivity index (χ1) is 19.1. The minimum Gasteiger partial charge on any atom is -0.481 e. The number of benzene rings is 3. The van der Waals surface area contributed by atoms with E-state index < -0.39 is 5.97 Å². The van der Waals surface area contributed by atoms with Crippen LogP contribution in [0.1, 0.15) is 36.0 Å². The summed E-state index contributed by atoms with van der Waals surface area (Å²) in [5, 5.41) is 16.0. The first kappa shape index (κ1) is 28.9. The number of rotatable bonds is 11. The minimum absolute atomic E-state index is 0.00739. The van der Waals surface area contributed by atoms with Crippen LogP contribution in [0.3, 0.4) is 0 Å². The Labute approximate surface area is 239 Å². The van der Waals surface area contributed by atoms with Crippen molar-refractivity contribution in [2.75, 3.05) is 43.2 Å². The normalized spacial score (nSPS) is 13.6. The number of fused-ring (bicyclic) bond motifs is 1. The molecule has 0 radical (unpaired) electrons. The summed E-state index contributed by atoms with van der Waals surface area (Å²) in [6.45, 7) is 0.848. The second kappa shape index (κ2) is 12.8. The highest BCUT2D eigenvalue weighted by atomic mass is 35.5. The molecular weight excluding hydrogens is 528 g/mol. The van der Waals surface area contributed by atoms with Crippen molar-refractivity contribution in [3.63, 3.8) is 0 Å². The van der Waals surface area contributed by atoms with Gasteiger partial charge in [0.25, 0.3) is 5.91 Å². The lowest BCUT2D eigenvalue weighted by Crippen LogP contribution is -2.27. The van der Waals surface area contributed by atoms with E-state index in [4.69, 9.17) is 16.7 Å². The molecule has 3 aromatic carbocycles. The van der Waals surface area contributed by atoms with Crippen molar-refractivity contribution >= 4 is 57.7 Å². The molecule has 0 spiro atoms. The van der Waals surface area contributed by atoms with Crippen LogP contribution in [0.2, 0.25) is 5.02 Å². The summed E-state index contributed by atoms with van der Waals surface area (Å²) in [6.07, 6.45) is 1.62. The van der Waals surface area contributed by atoms with E-state index in [0.717, 1.165) is 35.5 Å². The molecule has 208 valence electrons. The number of halogens is 1. The topological polar surface area (TPSA) is 102 Å². The molecule has 0 aliphatic carbocycles. The highest BCUT2D eigenvalue weighted by molar-refractivity contribution is 6.38. The minimum atomic E-state index is -0.871. The number of nitrogens with one attached hydrogen (secondary N) is 2. The summed E-state index contributed by atoms with van der Waals surface area (Å²) in [4.78, 5) is 40.7. The zero-order valence-corrected chi connectivity index (χ0v) is 23.6. The summed E-state index contributed by atoms with van der Waals surface area (Å²) < 4.78 is 0. The molecule has 0 unspecified atom stereocenters. The first-order valence-corrected chi connectivity index (χ1v) is 13.4. The molecule has 0 fully saturated rings. The average Bonchev–Trinajstić information content (AvgIpc) is 3.24. The van der Waals surface area contributed by atoms with Crippen molar-refractivity contribution in [3.05, 3.63) is 88.4 Å². The van der Waals surface area contributed by atoms with Gasteiger partial charge >= 0.3 is 5.97 Å². The largest absolute Gasteiger partial charge is 0.481 e. The third-order valence-corrected chi connectivity index (χ3v) is 6.95. The van der Waals surface area contributed by atoms with Crippen molar-refractivity contribution < 1.29 is 19.5 Å². The van der Waals surface area contributed by atoms with E-state index in [-0.39, 0.29) is 18.2 Å². The van der Waals surface area contributed by atoms with Gasteiger partial charge in [-0.05, 0) is 87.1 Å². The Bertz CT molecular complexity index is 1450. The molecule has 4 rings (SSSR count). The number of hydrogen-bond acceptors (Lipinski definition) is 5. The van der Waals surface area contributed by atoms with E-state index in [2.05, 4.69) is 15.5 Å². The Kier molecular flexibility index (Phi) is 9.24. The van der Waals surface area contributed by atoms with Gasteiger partial charge in [0.2, 0.25) is 5.91 Å². The second-order valence-electron chi connectivity index (χ2n) is 10.0. The van der Waals surface area contributed by atoms with Crippen LogP contribution in [0.5, 0.6) is 0 Å². The number of carbonyl (C=O) groups is 3. The second-order valence-corrected chi connectivity index (χ2v) is 10.5. The van der Waals surface area contributed by atoms with Crippen LogP contribution in [0, 0.1) is 0 Å². The standard InChI is InChI=1S/C31H33ClN4O4/c1-35(2)17-5-8-27(37)36(3)24-13-11-23(12-14-24)33-30(21-7-4-6-20(18-21)9-16-28(38)39)29-25-15-10-22(32)19-26(25)34-31(29)40/h4,6-7,10-15,18-19,33H,5,8-9,16-17H2,1-3H3,(H,34,40)(H,38,39)/b30-29-. The Balaban J connectivity index is 1.66. The van der Waals surface area contributed by atoms with E-state index in [1.54, 1.807) is 30.1 Å². The number of anilines is 3. The maximum absolute atomic E-state index is 13.2. The predicted molar refractivity (Wildman–Crippen MR) is 161 cm³/mol. The zero-order chi connectivity index (χ0) is 28.8. The van der Waals surface area contributed by atoms with E-state index in [0.29, 0.717) is 40.4 Å². The monoisotopic (exact) mass is 560 g/mol. The summed E-state index contributed by atoms with van der Waals surface area (Å²) >= 11 is 6.17. The third kappa shape index (κ3) is 7.08. The van der Waals surface area contributed by atoms with E-state index >= 15 is 0 Å². The Morgan fingerprint density at radius 3 is 2.42 bits per heavy atom. The van der Waals surface area contributed by atoms with Crippen LogP contribution in [0.15, 0.2) is 66.7 Å². The van der Waals surface area contributed by atoms with Gasteiger partial charge in [0.15, 0.2) is 0 Å². The van der Waals surface area contributed by atoms with Crippen molar-refractivity contribution in [3.8, 4) is 0 Å². The predicted octanol–water partition coefficient (Wildman–Crippen LogP) is 5.59. The molecule has 0 bridgehead atoms. The smallest absolute Gasteiger partial charge is 0.303 e. The number of aliphatic carboxylic acids is 1. The zero-order valence-electron chi connectivity index (χ0n) is 22.8. The Morgan fingerprint density at radius 1 is 0.975 bits per heavy atom. The Hall–Kier alpha value is -4.14. The molecule has 1 aliphatic rings. The van der Waals surface area contributed by atoms with Crippen LogP contribution >= 0.6 is 11.6 Å². The summed E-state index contributed by atoms with van der Waals surface area (Å²) in [5.41, 5.74) is 5.46. The molecule has 40 heavy (non-hydrogen) atoms. The third-order valence-electron chi connectivity index (χ3n) is 6.71. The number of carboxylic acids is 1. The SMILES string of the molecule is CN(C)CCCC(=O)N(C)c1ccc(N/C(=C2\C(=O)Nc3cc(Cl)ccc32)c2cccc(CCC(=O)O)c2)cc1. The number of amides is 2. The van der Waals surface area contributed by atoms with Crippen LogP contribution in [-0.4, -0.2) is 55.5 Å². The van der Waals surface area contributed by atoms with Crippen molar-refractivity contribution in [2.45, 2.75) is 25.7 Å². The molecule has 0 aromatic heterocycles. The van der Waals surface area contributed by atoms with Crippen LogP contribution in [-0.2, 0) is 20.8 Å². The van der Waals surface area contributed by atoms with Gasteiger partial charge in [-0.15, -0.1) is 0 Å². The van der Waals surface area contributed by atoms with Crippen LogP contribution < -0.4 is 15.5 Å². The van der Waals surface area contributed by atoms with Gasteiger partial charge in [0.1, 0.15) is 0 Å². The highest BCUT2D eigenvalue weighted by Crippen LogP contribution is 2.39. The van der Waals surface area contributed by atoms with Crippen molar-refractivity contribution in [1.29, 1.82) is 0 Å². The summed E-state index contributed by atoms with van der Waals surface area (Å²) in [5.74, 6) is -1.10. The maximum Gasteiger partial charge on any atom is 0.303 e. The van der Waals surface area contributed by atoms with Gasteiger partial charge in [0, 0.05) is 41.9 Å². The molecule has 2 amide bonds. The van der Waals surface area contributed by atoms with Gasteiger partial charge in [-0.25, -0.2) is 0 Å². The number of nitrogens with zero attached hydrogens (tertiary/aromatic N) is 2. The fourth-order valence-corrected chi connectivity index (χ4v) is 4.75. The molecule has 9 heteroatoms. The van der Waals surface area contributed by atoms with E-state index in [1.165, 1.54) is 0 Å². The molecule has 1 heterocycles. The van der Waals surface area contributed by atoms with E-state index in [1.807, 2.05) is 62.6 Å². The van der Waals surface area contributed by atoms with Crippen LogP contribution in [0.25, 0.3) is 11.3 Å². The van der Waals surface area contributed by atoms with Crippen molar-refractivity contribution in [1.82, 2.24) is 4.90 Å². The number of hydrogen-bond donors (Lipinski definition) is 3. The molecule has 0 saturated carbocycles. The lowest BCUT2D eigenvalue weighted by molar-refractivity contribution is -0.137. The van der Waals surface area contributed by atoms with Gasteiger partial charge in [0.05, 0.1) is 17.0 Å². The number of carbonyl (C=O) groups excluding carboxylic acids is 2. The molecule has 3 aromatic rings. The van der Waals surface area contributed by atoms with Gasteiger partial charge in [-0.3, -0.25) is 14.4 Å². The highest BCUT2D eigenvalue weighted by Gasteiger charge is 2.29. The molecular formula is C31H33ClN4O4. The first-order valence-electron chi connectivity index (χ1n) is 13.1. The van der Waals surface area contributed by atoms with Gasteiger partial charge in [-0.1, -0.05) is 35.9 Å². The summed E-state index contributed by atoms with van der Waals surface area (Å²) in [6, 6.07) is 20.2. The van der Waals surface area contributed by atoms with Crippen LogP contribution in [0.4, 0.5) is 17.1 Å². The molecule has 0 atom stereocenters. The number of carboxylic acid groups (broad SMARTS) is 1. The lowest BCUT2D eigenvalue weighted by Gasteiger charge is -2.20. The number of aryl methyl sites for hydroxylation is 1. The lowest BCUT2D eigenvalue weighted by atomic mass is 9.97.